The van der Waals surface area contributed by atoms with E-state index in [1.807, 2.05) is 0 Å². The molecular weight excluding hydrogens is 238 g/mol. The van der Waals surface area contributed by atoms with Gasteiger partial charge >= 0.3 is 0 Å². The van der Waals surface area contributed by atoms with Crippen molar-refractivity contribution >= 4 is 5.91 Å². The maximum atomic E-state index is 12.1. The van der Waals surface area contributed by atoms with Gasteiger partial charge in [-0.15, -0.1) is 0 Å². The van der Waals surface area contributed by atoms with Crippen LogP contribution < -0.4 is 5.32 Å². The highest BCUT2D eigenvalue weighted by Gasteiger charge is 2.36. The third-order valence-electron chi connectivity index (χ3n) is 5.20. The first-order chi connectivity index (χ1) is 8.80. The van der Waals surface area contributed by atoms with E-state index in [0.29, 0.717) is 12.0 Å². The molecule has 0 bridgehead atoms. The molecule has 0 saturated heterocycles. The highest BCUT2D eigenvalue weighted by Crippen LogP contribution is 2.40. The second kappa shape index (κ2) is 5.43. The summed E-state index contributed by atoms with van der Waals surface area (Å²) in [5.41, 5.74) is -0.235. The van der Waals surface area contributed by atoms with Crippen LogP contribution in [-0.2, 0) is 4.79 Å². The Labute approximate surface area is 117 Å². The maximum absolute atomic E-state index is 12.1. The lowest BCUT2D eigenvalue weighted by molar-refractivity contribution is -0.129. The Morgan fingerprint density at radius 3 is 2.21 bits per heavy atom. The molecule has 2 N–H and O–H groups in total. The molecule has 0 aromatic carbocycles. The van der Waals surface area contributed by atoms with E-state index in [0.717, 1.165) is 50.9 Å². The molecule has 2 fully saturated rings. The third-order valence-corrected chi connectivity index (χ3v) is 5.20. The first-order valence-electron chi connectivity index (χ1n) is 7.80. The Hall–Kier alpha value is -0.570. The van der Waals surface area contributed by atoms with Crippen LogP contribution in [0, 0.1) is 17.3 Å². The summed E-state index contributed by atoms with van der Waals surface area (Å²) in [5.74, 6) is 1.07. The minimum absolute atomic E-state index is 0.160. The zero-order valence-corrected chi connectivity index (χ0v) is 12.7. The molecule has 0 aromatic heterocycles. The van der Waals surface area contributed by atoms with Gasteiger partial charge in [0.2, 0.25) is 5.91 Å². The third kappa shape index (κ3) is 3.71. The molecule has 3 heteroatoms. The van der Waals surface area contributed by atoms with Gasteiger partial charge in [-0.05, 0) is 56.3 Å². The van der Waals surface area contributed by atoms with Crippen LogP contribution in [0.1, 0.15) is 65.7 Å². The largest absolute Gasteiger partial charge is 0.388 e. The minimum Gasteiger partial charge on any atom is -0.388 e. The first kappa shape index (κ1) is 14.8. The number of rotatable bonds is 3. The van der Waals surface area contributed by atoms with E-state index in [9.17, 15) is 9.90 Å². The van der Waals surface area contributed by atoms with Crippen LogP contribution in [0.25, 0.3) is 0 Å². The minimum atomic E-state index is -0.599. The van der Waals surface area contributed by atoms with E-state index in [1.165, 1.54) is 0 Å². The van der Waals surface area contributed by atoms with E-state index in [1.54, 1.807) is 0 Å². The summed E-state index contributed by atoms with van der Waals surface area (Å²) in [4.78, 5) is 12.1. The molecule has 0 aliphatic heterocycles. The Morgan fingerprint density at radius 2 is 1.79 bits per heavy atom. The highest BCUT2D eigenvalue weighted by molar-refractivity contribution is 5.78. The monoisotopic (exact) mass is 267 g/mol. The van der Waals surface area contributed by atoms with Crippen molar-refractivity contribution in [3.05, 3.63) is 0 Å². The van der Waals surface area contributed by atoms with Crippen molar-refractivity contribution in [1.29, 1.82) is 0 Å². The molecule has 0 heterocycles. The smallest absolute Gasteiger partial charge is 0.223 e. The van der Waals surface area contributed by atoms with Crippen molar-refractivity contribution in [3.63, 3.8) is 0 Å². The fourth-order valence-electron chi connectivity index (χ4n) is 3.38. The van der Waals surface area contributed by atoms with Crippen LogP contribution in [0.5, 0.6) is 0 Å². The number of amides is 1. The number of carbonyl (C=O) groups excluding carboxylic acids is 1. The summed E-state index contributed by atoms with van der Waals surface area (Å²) >= 11 is 0. The molecule has 2 rings (SSSR count). The van der Waals surface area contributed by atoms with Gasteiger partial charge in [-0.1, -0.05) is 20.8 Å². The van der Waals surface area contributed by atoms with E-state index in [2.05, 4.69) is 26.1 Å². The Kier molecular flexibility index (Phi) is 4.24. The van der Waals surface area contributed by atoms with Gasteiger partial charge in [0, 0.05) is 12.5 Å². The molecular formula is C16H29NO2. The molecule has 110 valence electrons. The molecule has 1 amide bonds. The lowest BCUT2D eigenvalue weighted by Crippen LogP contribution is -2.49. The standard InChI is InChI=1S/C16H29NO2/c1-15(2,3)13-7-5-12(6-8-13)14(18)17-11-16(19)9-4-10-16/h12-13,19H,4-11H2,1-3H3,(H,17,18). The van der Waals surface area contributed by atoms with Gasteiger partial charge in [-0.2, -0.15) is 0 Å². The van der Waals surface area contributed by atoms with Crippen LogP contribution >= 0.6 is 0 Å². The maximum Gasteiger partial charge on any atom is 0.223 e. The van der Waals surface area contributed by atoms with Crippen molar-refractivity contribution < 1.29 is 9.90 Å². The van der Waals surface area contributed by atoms with Gasteiger partial charge < -0.3 is 10.4 Å². The van der Waals surface area contributed by atoms with Crippen molar-refractivity contribution in [2.24, 2.45) is 17.3 Å². The molecule has 19 heavy (non-hydrogen) atoms. The van der Waals surface area contributed by atoms with Crippen molar-refractivity contribution in [2.45, 2.75) is 71.3 Å². The molecule has 0 aromatic rings. The van der Waals surface area contributed by atoms with Gasteiger partial charge in [0.15, 0.2) is 0 Å². The van der Waals surface area contributed by atoms with Gasteiger partial charge in [0.05, 0.1) is 5.60 Å². The van der Waals surface area contributed by atoms with Crippen LogP contribution in [0.4, 0.5) is 0 Å². The average Bonchev–Trinajstić information content (AvgIpc) is 2.33. The summed E-state index contributed by atoms with van der Waals surface area (Å²) in [5, 5.41) is 13.0. The zero-order chi connectivity index (χ0) is 14.1. The molecule has 0 spiro atoms. The average molecular weight is 267 g/mol. The number of hydrogen-bond donors (Lipinski definition) is 2. The van der Waals surface area contributed by atoms with E-state index in [-0.39, 0.29) is 11.8 Å². The number of nitrogens with one attached hydrogen (secondary N) is 1. The molecule has 0 radical (unpaired) electrons. The molecule has 0 unspecified atom stereocenters. The quantitative estimate of drug-likeness (QED) is 0.826. The summed E-state index contributed by atoms with van der Waals surface area (Å²) in [6.07, 6.45) is 7.09. The summed E-state index contributed by atoms with van der Waals surface area (Å²) in [7, 11) is 0. The lowest BCUT2D eigenvalue weighted by Gasteiger charge is -2.38. The Morgan fingerprint density at radius 1 is 1.21 bits per heavy atom. The lowest BCUT2D eigenvalue weighted by atomic mass is 9.69. The Balaban J connectivity index is 1.73. The molecule has 3 nitrogen and oxygen atoms in total. The van der Waals surface area contributed by atoms with Gasteiger partial charge in [0.1, 0.15) is 0 Å². The van der Waals surface area contributed by atoms with Gasteiger partial charge in [-0.25, -0.2) is 0 Å². The van der Waals surface area contributed by atoms with Crippen LogP contribution in [0.3, 0.4) is 0 Å². The zero-order valence-electron chi connectivity index (χ0n) is 12.7. The van der Waals surface area contributed by atoms with E-state index in [4.69, 9.17) is 0 Å². The van der Waals surface area contributed by atoms with E-state index < -0.39 is 5.60 Å². The second-order valence-electron chi connectivity index (χ2n) is 7.71. The van der Waals surface area contributed by atoms with Gasteiger partial charge in [0.25, 0.3) is 0 Å². The first-order valence-corrected chi connectivity index (χ1v) is 7.80. The van der Waals surface area contributed by atoms with Crippen LogP contribution in [-0.4, -0.2) is 23.2 Å². The molecule has 0 atom stereocenters. The fraction of sp³-hybridized carbons (Fsp3) is 0.938. The van der Waals surface area contributed by atoms with Crippen LogP contribution in [0.2, 0.25) is 0 Å². The summed E-state index contributed by atoms with van der Waals surface area (Å²) < 4.78 is 0. The number of hydrogen-bond acceptors (Lipinski definition) is 2. The predicted molar refractivity (Wildman–Crippen MR) is 76.7 cm³/mol. The normalized spacial score (nSPS) is 30.5. The predicted octanol–water partition coefficient (Wildman–Crippen LogP) is 2.87. The topological polar surface area (TPSA) is 49.3 Å². The second-order valence-corrected chi connectivity index (χ2v) is 7.71. The van der Waals surface area contributed by atoms with E-state index >= 15 is 0 Å². The SMILES string of the molecule is CC(C)(C)C1CCC(C(=O)NCC2(O)CCC2)CC1. The highest BCUT2D eigenvalue weighted by atomic mass is 16.3. The number of carbonyl (C=O) groups is 1. The Bertz CT molecular complexity index is 320. The van der Waals surface area contributed by atoms with Crippen molar-refractivity contribution in [2.75, 3.05) is 6.54 Å². The van der Waals surface area contributed by atoms with Crippen molar-refractivity contribution in [3.8, 4) is 0 Å². The fourth-order valence-corrected chi connectivity index (χ4v) is 3.38. The molecule has 2 aliphatic rings. The molecule has 2 saturated carbocycles. The van der Waals surface area contributed by atoms with Crippen molar-refractivity contribution in [1.82, 2.24) is 5.32 Å². The van der Waals surface area contributed by atoms with Crippen LogP contribution in [0.15, 0.2) is 0 Å². The van der Waals surface area contributed by atoms with Gasteiger partial charge in [-0.3, -0.25) is 4.79 Å². The number of aliphatic hydroxyl groups is 1. The summed E-state index contributed by atoms with van der Waals surface area (Å²) in [6, 6.07) is 0. The molecule has 2 aliphatic carbocycles. The summed E-state index contributed by atoms with van der Waals surface area (Å²) in [6.45, 7) is 7.34.